The number of amides is 1. The fourth-order valence-corrected chi connectivity index (χ4v) is 7.79. The number of aryl methyl sites for hydroxylation is 2. The van der Waals surface area contributed by atoms with E-state index < -0.39 is 0 Å². The Bertz CT molecular complexity index is 1900. The van der Waals surface area contributed by atoms with Crippen LogP contribution in [0.3, 0.4) is 0 Å². The maximum Gasteiger partial charge on any atom is 0.220 e. The molecule has 2 aromatic heterocycles. The van der Waals surface area contributed by atoms with E-state index in [9.17, 15) is 9.59 Å². The minimum Gasteiger partial charge on any atom is -0.488 e. The van der Waals surface area contributed by atoms with Gasteiger partial charge in [0.25, 0.3) is 0 Å². The van der Waals surface area contributed by atoms with Crippen LogP contribution in [0.15, 0.2) is 57.9 Å². The van der Waals surface area contributed by atoms with Crippen molar-refractivity contribution in [2.75, 3.05) is 53.4 Å². The Kier molecular flexibility index (Phi) is 13.3. The Morgan fingerprint density at radius 3 is 2.26 bits per heavy atom. The van der Waals surface area contributed by atoms with Gasteiger partial charge in [-0.25, -0.2) is 0 Å². The number of nitrogens with zero attached hydrogens (tertiary/aromatic N) is 4. The number of ether oxygens (including phenoxy) is 2. The second kappa shape index (κ2) is 18.1. The van der Waals surface area contributed by atoms with Crippen molar-refractivity contribution in [3.05, 3.63) is 70.1 Å². The number of carbonyl (C=O) groups excluding carboxylic acids is 1. The quantitative estimate of drug-likeness (QED) is 0.184. The zero-order valence-corrected chi connectivity index (χ0v) is 33.3. The Labute approximate surface area is 320 Å². The van der Waals surface area contributed by atoms with Crippen LogP contribution < -0.4 is 25.5 Å². The molecular weight excluding hydrogens is 681 g/mol. The van der Waals surface area contributed by atoms with Crippen molar-refractivity contribution in [3.63, 3.8) is 0 Å². The lowest BCUT2D eigenvalue weighted by Crippen LogP contribution is -2.55. The van der Waals surface area contributed by atoms with E-state index in [0.29, 0.717) is 88.8 Å². The van der Waals surface area contributed by atoms with E-state index in [2.05, 4.69) is 72.1 Å². The standard InChI is InChI=1S/C36H44N4O5.C7H16N2/c1-23-17-31-35(42)30-13-12-28(44-29-11-9-26(37-20-29)10-14-34(41)38-27-7-5-6-8-27)19-32(30)45-36(31)33(18-23)43-16-15-40-21-24(2)39(4)25(3)22-40;1-6-4-8-5-7(2)9(6)3/h9,11-13,17-20,24-25,27H,5-8,10,14-16,21-22H2,1-4H3,(H,38,41);6-8H,4-5H2,1-3H3/t24-,25+;6-,7+. The lowest BCUT2D eigenvalue weighted by atomic mass is 10.1. The number of carbonyl (C=O) groups is 1. The molecule has 7 rings (SSSR count). The van der Waals surface area contributed by atoms with Crippen molar-refractivity contribution in [2.45, 2.75) is 103 Å². The topological polar surface area (TPSA) is 112 Å². The first-order valence-corrected chi connectivity index (χ1v) is 19.9. The van der Waals surface area contributed by atoms with E-state index in [4.69, 9.17) is 13.9 Å². The summed E-state index contributed by atoms with van der Waals surface area (Å²) in [4.78, 5) is 37.5. The molecule has 1 amide bonds. The summed E-state index contributed by atoms with van der Waals surface area (Å²) in [6.45, 7) is 16.5. The molecular formula is C43H60N6O5. The highest BCUT2D eigenvalue weighted by Crippen LogP contribution is 2.31. The number of nitrogens with one attached hydrogen (secondary N) is 2. The number of piperazine rings is 2. The van der Waals surface area contributed by atoms with Gasteiger partial charge in [0, 0.05) is 81.1 Å². The SMILES string of the molecule is C[C@@H]1CNC[C@H](C)N1C.Cc1cc(OCCN2C[C@@H](C)N(C)[C@@H](C)C2)c2oc3cc(Oc4ccc(CCC(=O)NC5CCCC5)nc4)ccc3c(=O)c2c1. The van der Waals surface area contributed by atoms with Crippen molar-refractivity contribution in [1.29, 1.82) is 0 Å². The molecule has 0 spiro atoms. The van der Waals surface area contributed by atoms with Crippen LogP contribution in [-0.2, 0) is 11.2 Å². The minimum atomic E-state index is -0.101. The average molecular weight is 741 g/mol. The summed E-state index contributed by atoms with van der Waals surface area (Å²) >= 11 is 0. The van der Waals surface area contributed by atoms with Crippen molar-refractivity contribution in [2.24, 2.45) is 0 Å². The van der Waals surface area contributed by atoms with E-state index in [0.717, 1.165) is 56.8 Å². The van der Waals surface area contributed by atoms with Crippen LogP contribution in [0.5, 0.6) is 17.2 Å². The molecule has 11 nitrogen and oxygen atoms in total. The first kappa shape index (κ1) is 39.7. The minimum absolute atomic E-state index is 0.0808. The van der Waals surface area contributed by atoms with Gasteiger partial charge < -0.3 is 24.5 Å². The molecule has 0 unspecified atom stereocenters. The molecule has 54 heavy (non-hydrogen) atoms. The molecule has 1 saturated carbocycles. The molecule has 1 aliphatic carbocycles. The molecule has 0 radical (unpaired) electrons. The number of pyridine rings is 1. The van der Waals surface area contributed by atoms with Crippen LogP contribution in [-0.4, -0.2) is 109 Å². The van der Waals surface area contributed by atoms with Crippen LogP contribution in [0, 0.1) is 6.92 Å². The summed E-state index contributed by atoms with van der Waals surface area (Å²) in [5.74, 6) is 1.74. The summed E-state index contributed by atoms with van der Waals surface area (Å²) < 4.78 is 18.7. The molecule has 2 N–H and O–H groups in total. The van der Waals surface area contributed by atoms with Gasteiger partial charge in [-0.2, -0.15) is 0 Å². The van der Waals surface area contributed by atoms with E-state index in [1.807, 2.05) is 31.2 Å². The summed E-state index contributed by atoms with van der Waals surface area (Å²) in [7, 11) is 4.37. The average Bonchev–Trinajstić information content (AvgIpc) is 3.66. The van der Waals surface area contributed by atoms with Crippen LogP contribution in [0.25, 0.3) is 21.9 Å². The Balaban J connectivity index is 0.000000485. The molecule has 4 atom stereocenters. The smallest absolute Gasteiger partial charge is 0.220 e. The van der Waals surface area contributed by atoms with Gasteiger partial charge in [0.15, 0.2) is 11.3 Å². The molecule has 2 aliphatic heterocycles. The first-order valence-electron chi connectivity index (χ1n) is 19.9. The molecule has 4 heterocycles. The lowest BCUT2D eigenvalue weighted by Gasteiger charge is -2.42. The van der Waals surface area contributed by atoms with Crippen molar-refractivity contribution < 1.29 is 18.7 Å². The predicted octanol–water partition coefficient (Wildman–Crippen LogP) is 6.13. The largest absolute Gasteiger partial charge is 0.488 e. The van der Waals surface area contributed by atoms with Crippen LogP contribution in [0.4, 0.5) is 0 Å². The zero-order chi connectivity index (χ0) is 38.4. The third kappa shape index (κ3) is 9.98. The molecule has 292 valence electrons. The monoisotopic (exact) mass is 740 g/mol. The van der Waals surface area contributed by atoms with Crippen molar-refractivity contribution >= 4 is 27.8 Å². The van der Waals surface area contributed by atoms with Gasteiger partial charge in [-0.3, -0.25) is 29.3 Å². The summed E-state index contributed by atoms with van der Waals surface area (Å²) in [5.41, 5.74) is 2.54. The molecule has 4 aromatic rings. The van der Waals surface area contributed by atoms with Gasteiger partial charge in [0.2, 0.25) is 11.3 Å². The molecule has 0 bridgehead atoms. The van der Waals surface area contributed by atoms with Gasteiger partial charge in [-0.1, -0.05) is 12.8 Å². The normalized spacial score (nSPS) is 22.9. The lowest BCUT2D eigenvalue weighted by molar-refractivity contribution is -0.121. The highest BCUT2D eigenvalue weighted by molar-refractivity contribution is 5.93. The van der Waals surface area contributed by atoms with Crippen LogP contribution >= 0.6 is 0 Å². The number of benzene rings is 2. The van der Waals surface area contributed by atoms with Gasteiger partial charge in [0.05, 0.1) is 17.0 Å². The Morgan fingerprint density at radius 2 is 1.59 bits per heavy atom. The summed E-state index contributed by atoms with van der Waals surface area (Å²) in [6.07, 6.45) is 7.19. The summed E-state index contributed by atoms with van der Waals surface area (Å²) in [5, 5.41) is 7.48. The molecule has 2 saturated heterocycles. The second-order valence-corrected chi connectivity index (χ2v) is 15.9. The fraction of sp³-hybridized carbons (Fsp3) is 0.558. The van der Waals surface area contributed by atoms with Gasteiger partial charge >= 0.3 is 0 Å². The van der Waals surface area contributed by atoms with Gasteiger partial charge in [0.1, 0.15) is 23.7 Å². The predicted molar refractivity (Wildman–Crippen MR) is 216 cm³/mol. The Hall–Kier alpha value is -4.03. The molecule has 3 fully saturated rings. The van der Waals surface area contributed by atoms with Gasteiger partial charge in [-0.15, -0.1) is 0 Å². The number of likely N-dealkylation sites (N-methyl/N-ethyl adjacent to an activating group) is 2. The van der Waals surface area contributed by atoms with Crippen LogP contribution in [0.1, 0.15) is 71.1 Å². The Morgan fingerprint density at radius 1 is 0.907 bits per heavy atom. The second-order valence-electron chi connectivity index (χ2n) is 15.9. The molecule has 11 heteroatoms. The van der Waals surface area contributed by atoms with E-state index in [1.54, 1.807) is 24.4 Å². The van der Waals surface area contributed by atoms with Crippen molar-refractivity contribution in [1.82, 2.24) is 30.3 Å². The number of fused-ring (bicyclic) bond motifs is 2. The third-order valence-electron chi connectivity index (χ3n) is 11.6. The maximum absolute atomic E-state index is 13.5. The number of hydrogen-bond acceptors (Lipinski definition) is 10. The molecule has 2 aromatic carbocycles. The number of hydrogen-bond donors (Lipinski definition) is 2. The van der Waals surface area contributed by atoms with E-state index in [1.165, 1.54) is 12.8 Å². The van der Waals surface area contributed by atoms with Gasteiger partial charge in [-0.05, 0) is 110 Å². The van der Waals surface area contributed by atoms with E-state index in [-0.39, 0.29) is 11.3 Å². The number of aromatic nitrogens is 1. The number of rotatable bonds is 10. The van der Waals surface area contributed by atoms with E-state index >= 15 is 0 Å². The maximum atomic E-state index is 13.5. The van der Waals surface area contributed by atoms with Crippen LogP contribution in [0.2, 0.25) is 0 Å². The van der Waals surface area contributed by atoms with Crippen molar-refractivity contribution in [3.8, 4) is 17.2 Å². The highest BCUT2D eigenvalue weighted by Gasteiger charge is 2.26. The highest BCUT2D eigenvalue weighted by atomic mass is 16.5. The zero-order valence-electron chi connectivity index (χ0n) is 33.3. The third-order valence-corrected chi connectivity index (χ3v) is 11.6. The fourth-order valence-electron chi connectivity index (χ4n) is 7.79. The molecule has 3 aliphatic rings. The summed E-state index contributed by atoms with van der Waals surface area (Å²) in [6, 6.07) is 15.4. The first-order chi connectivity index (χ1) is 25.9.